The second-order valence-electron chi connectivity index (χ2n) is 7.72. The molecule has 1 saturated heterocycles. The normalized spacial score (nSPS) is 19.1. The smallest absolute Gasteiger partial charge is 0.244 e. The third kappa shape index (κ3) is 4.22. The van der Waals surface area contributed by atoms with Crippen LogP contribution >= 0.6 is 0 Å². The SMILES string of the molecule is CC(C(=O)N1CCc2ccccc21)N1CCN(S(=O)(=O)Cc2ccccc2)CC1. The van der Waals surface area contributed by atoms with Crippen LogP contribution in [-0.4, -0.2) is 62.3 Å². The van der Waals surface area contributed by atoms with Gasteiger partial charge in [-0.2, -0.15) is 4.31 Å². The fraction of sp³-hybridized carbons (Fsp3) is 0.409. The lowest BCUT2D eigenvalue weighted by atomic mass is 10.1. The highest BCUT2D eigenvalue weighted by Gasteiger charge is 2.34. The summed E-state index contributed by atoms with van der Waals surface area (Å²) < 4.78 is 27.0. The third-order valence-corrected chi connectivity index (χ3v) is 7.77. The highest BCUT2D eigenvalue weighted by atomic mass is 32.2. The summed E-state index contributed by atoms with van der Waals surface area (Å²) in [6.45, 7) is 4.62. The molecule has 1 atom stereocenters. The van der Waals surface area contributed by atoms with E-state index in [0.29, 0.717) is 32.7 Å². The van der Waals surface area contributed by atoms with Crippen LogP contribution in [0.5, 0.6) is 0 Å². The predicted octanol–water partition coefficient (Wildman–Crippen LogP) is 2.11. The molecule has 0 spiro atoms. The Hall–Kier alpha value is -2.22. The predicted molar refractivity (Wildman–Crippen MR) is 114 cm³/mol. The van der Waals surface area contributed by atoms with E-state index in [-0.39, 0.29) is 17.7 Å². The number of sulfonamides is 1. The van der Waals surface area contributed by atoms with Crippen molar-refractivity contribution in [1.29, 1.82) is 0 Å². The lowest BCUT2D eigenvalue weighted by Gasteiger charge is -2.38. The molecule has 1 amide bonds. The van der Waals surface area contributed by atoms with Crippen LogP contribution in [0.3, 0.4) is 0 Å². The molecule has 0 radical (unpaired) electrons. The van der Waals surface area contributed by atoms with Crippen molar-refractivity contribution < 1.29 is 13.2 Å². The number of amides is 1. The van der Waals surface area contributed by atoms with Gasteiger partial charge in [-0.3, -0.25) is 9.69 Å². The van der Waals surface area contributed by atoms with E-state index < -0.39 is 10.0 Å². The molecule has 1 unspecified atom stereocenters. The first-order valence-corrected chi connectivity index (χ1v) is 11.7. The van der Waals surface area contributed by atoms with Crippen molar-refractivity contribution in [2.45, 2.75) is 25.1 Å². The van der Waals surface area contributed by atoms with Crippen LogP contribution in [0, 0.1) is 0 Å². The molecule has 6 nitrogen and oxygen atoms in total. The van der Waals surface area contributed by atoms with Crippen molar-refractivity contribution in [2.75, 3.05) is 37.6 Å². The van der Waals surface area contributed by atoms with E-state index in [0.717, 1.165) is 17.7 Å². The van der Waals surface area contributed by atoms with E-state index >= 15 is 0 Å². The van der Waals surface area contributed by atoms with E-state index in [1.807, 2.05) is 60.4 Å². The Morgan fingerprint density at radius 1 is 0.931 bits per heavy atom. The second kappa shape index (κ2) is 8.26. The number of benzene rings is 2. The zero-order valence-corrected chi connectivity index (χ0v) is 17.5. The van der Waals surface area contributed by atoms with Crippen LogP contribution in [0.25, 0.3) is 0 Å². The monoisotopic (exact) mass is 413 g/mol. The van der Waals surface area contributed by atoms with E-state index in [9.17, 15) is 13.2 Å². The first-order chi connectivity index (χ1) is 14.0. The summed E-state index contributed by atoms with van der Waals surface area (Å²) >= 11 is 0. The van der Waals surface area contributed by atoms with Crippen molar-refractivity contribution >= 4 is 21.6 Å². The Kier molecular flexibility index (Phi) is 5.72. The van der Waals surface area contributed by atoms with Gasteiger partial charge in [0.05, 0.1) is 11.8 Å². The van der Waals surface area contributed by atoms with Gasteiger partial charge in [0.15, 0.2) is 0 Å². The Labute approximate surface area is 172 Å². The quantitative estimate of drug-likeness (QED) is 0.753. The maximum absolute atomic E-state index is 13.1. The standard InChI is InChI=1S/C22H27N3O3S/c1-18(22(26)25-12-11-20-9-5-6-10-21(20)25)23-13-15-24(16-14-23)29(27,28)17-19-7-3-2-4-8-19/h2-10,18H,11-17H2,1H3. The van der Waals surface area contributed by atoms with Crippen LogP contribution < -0.4 is 4.90 Å². The zero-order chi connectivity index (χ0) is 20.4. The maximum Gasteiger partial charge on any atom is 0.244 e. The van der Waals surface area contributed by atoms with Gasteiger partial charge in [-0.05, 0) is 30.5 Å². The summed E-state index contributed by atoms with van der Waals surface area (Å²) in [4.78, 5) is 17.0. The number of anilines is 1. The van der Waals surface area contributed by atoms with Gasteiger partial charge >= 0.3 is 0 Å². The molecule has 0 bridgehead atoms. The van der Waals surface area contributed by atoms with Crippen molar-refractivity contribution in [3.63, 3.8) is 0 Å². The summed E-state index contributed by atoms with van der Waals surface area (Å²) in [7, 11) is -3.35. The Morgan fingerprint density at radius 3 is 2.31 bits per heavy atom. The molecule has 1 fully saturated rings. The molecule has 154 valence electrons. The van der Waals surface area contributed by atoms with Gasteiger partial charge in [0.2, 0.25) is 15.9 Å². The van der Waals surface area contributed by atoms with Crippen LogP contribution in [0.2, 0.25) is 0 Å². The van der Waals surface area contributed by atoms with Crippen molar-refractivity contribution in [3.8, 4) is 0 Å². The number of rotatable bonds is 5. The van der Waals surface area contributed by atoms with E-state index in [1.54, 1.807) is 4.31 Å². The molecular weight excluding hydrogens is 386 g/mol. The molecular formula is C22H27N3O3S. The van der Waals surface area contributed by atoms with Gasteiger partial charge < -0.3 is 4.90 Å². The molecule has 2 aromatic carbocycles. The van der Waals surface area contributed by atoms with Gasteiger partial charge in [-0.25, -0.2) is 8.42 Å². The summed E-state index contributed by atoms with van der Waals surface area (Å²) in [6.07, 6.45) is 0.889. The zero-order valence-electron chi connectivity index (χ0n) is 16.7. The molecule has 2 aliphatic rings. The average Bonchev–Trinajstić information content (AvgIpc) is 3.17. The van der Waals surface area contributed by atoms with Crippen LogP contribution in [-0.2, 0) is 27.0 Å². The van der Waals surface area contributed by atoms with Gasteiger partial charge in [-0.15, -0.1) is 0 Å². The van der Waals surface area contributed by atoms with Crippen molar-refractivity contribution in [1.82, 2.24) is 9.21 Å². The highest BCUT2D eigenvalue weighted by Crippen LogP contribution is 2.28. The number of hydrogen-bond donors (Lipinski definition) is 0. The van der Waals surface area contributed by atoms with Crippen LogP contribution in [0.4, 0.5) is 5.69 Å². The number of hydrogen-bond acceptors (Lipinski definition) is 4. The molecule has 0 aromatic heterocycles. The first kappa shape index (κ1) is 20.1. The number of carbonyl (C=O) groups is 1. The molecule has 2 aromatic rings. The average molecular weight is 414 g/mol. The lowest BCUT2D eigenvalue weighted by molar-refractivity contribution is -0.123. The fourth-order valence-corrected chi connectivity index (χ4v) is 5.71. The Morgan fingerprint density at radius 2 is 1.59 bits per heavy atom. The summed E-state index contributed by atoms with van der Waals surface area (Å²) in [5.74, 6) is 0.114. The van der Waals surface area contributed by atoms with Gasteiger partial charge in [0.25, 0.3) is 0 Å². The molecule has 0 saturated carbocycles. The van der Waals surface area contributed by atoms with E-state index in [1.165, 1.54) is 5.56 Å². The van der Waals surface area contributed by atoms with Gasteiger partial charge in [0, 0.05) is 38.4 Å². The summed E-state index contributed by atoms with van der Waals surface area (Å²) in [5.41, 5.74) is 3.02. The summed E-state index contributed by atoms with van der Waals surface area (Å²) in [5, 5.41) is 0. The van der Waals surface area contributed by atoms with Crippen molar-refractivity contribution in [3.05, 3.63) is 65.7 Å². The van der Waals surface area contributed by atoms with E-state index in [4.69, 9.17) is 0 Å². The topological polar surface area (TPSA) is 60.9 Å². The molecule has 0 aliphatic carbocycles. The molecule has 2 aliphatic heterocycles. The minimum atomic E-state index is -3.35. The number of fused-ring (bicyclic) bond motifs is 1. The van der Waals surface area contributed by atoms with Crippen LogP contribution in [0.15, 0.2) is 54.6 Å². The minimum absolute atomic E-state index is 0.0207. The fourth-order valence-electron chi connectivity index (χ4n) is 4.19. The number of carbonyl (C=O) groups excluding carboxylic acids is 1. The highest BCUT2D eigenvalue weighted by molar-refractivity contribution is 7.88. The summed E-state index contributed by atoms with van der Waals surface area (Å²) in [6, 6.07) is 17.0. The Balaban J connectivity index is 1.36. The number of nitrogens with zero attached hydrogens (tertiary/aromatic N) is 3. The molecule has 4 rings (SSSR count). The lowest BCUT2D eigenvalue weighted by Crippen LogP contribution is -2.55. The van der Waals surface area contributed by atoms with Gasteiger partial charge in [-0.1, -0.05) is 48.5 Å². The molecule has 29 heavy (non-hydrogen) atoms. The molecule has 7 heteroatoms. The van der Waals surface area contributed by atoms with Gasteiger partial charge in [0.1, 0.15) is 0 Å². The number of piperazine rings is 1. The number of para-hydroxylation sites is 1. The largest absolute Gasteiger partial charge is 0.310 e. The van der Waals surface area contributed by atoms with Crippen molar-refractivity contribution in [2.24, 2.45) is 0 Å². The first-order valence-electron chi connectivity index (χ1n) is 10.1. The Bertz CT molecular complexity index is 970. The van der Waals surface area contributed by atoms with E-state index in [2.05, 4.69) is 11.0 Å². The third-order valence-electron chi connectivity index (χ3n) is 5.92. The second-order valence-corrected chi connectivity index (χ2v) is 9.69. The molecule has 0 N–H and O–H groups in total. The maximum atomic E-state index is 13.1. The molecule has 2 heterocycles. The minimum Gasteiger partial charge on any atom is -0.310 e. The van der Waals surface area contributed by atoms with Crippen LogP contribution in [0.1, 0.15) is 18.1 Å².